The third-order valence-corrected chi connectivity index (χ3v) is 2.86. The summed E-state index contributed by atoms with van der Waals surface area (Å²) in [5.41, 5.74) is 5.79. The van der Waals surface area contributed by atoms with E-state index in [0.717, 1.165) is 31.0 Å². The Labute approximate surface area is 115 Å². The van der Waals surface area contributed by atoms with Gasteiger partial charge in [0.2, 0.25) is 0 Å². The predicted octanol–water partition coefficient (Wildman–Crippen LogP) is 2.84. The molecule has 0 spiro atoms. The van der Waals surface area contributed by atoms with Gasteiger partial charge < -0.3 is 20.7 Å². The highest BCUT2D eigenvalue weighted by atomic mass is 19.4. The highest BCUT2D eigenvalue weighted by Gasteiger charge is 2.31. The summed E-state index contributed by atoms with van der Waals surface area (Å²) in [4.78, 5) is 0. The second-order valence-corrected chi connectivity index (χ2v) is 4.50. The SMILES string of the molecule is CCCC[C@H](O)[C@H](N)c1cc(OC(F)(F)F)ccc1O. The monoisotopic (exact) mass is 293 g/mol. The van der Waals surface area contributed by atoms with E-state index in [9.17, 15) is 23.4 Å². The van der Waals surface area contributed by atoms with Crippen molar-refractivity contribution in [1.29, 1.82) is 0 Å². The summed E-state index contributed by atoms with van der Waals surface area (Å²) in [5.74, 6) is -0.758. The van der Waals surface area contributed by atoms with Gasteiger partial charge in [0.05, 0.1) is 12.1 Å². The second kappa shape index (κ2) is 6.81. The van der Waals surface area contributed by atoms with Gasteiger partial charge in [-0.3, -0.25) is 0 Å². The third kappa shape index (κ3) is 4.90. The number of hydrogen-bond acceptors (Lipinski definition) is 4. The zero-order valence-corrected chi connectivity index (χ0v) is 11.0. The molecule has 0 radical (unpaired) electrons. The Balaban J connectivity index is 2.90. The van der Waals surface area contributed by atoms with Gasteiger partial charge >= 0.3 is 6.36 Å². The zero-order valence-electron chi connectivity index (χ0n) is 11.0. The van der Waals surface area contributed by atoms with Crippen LogP contribution in [0.25, 0.3) is 0 Å². The number of phenols is 1. The van der Waals surface area contributed by atoms with E-state index in [2.05, 4.69) is 4.74 Å². The van der Waals surface area contributed by atoms with Crippen LogP contribution in [0.3, 0.4) is 0 Å². The Morgan fingerprint density at radius 3 is 2.55 bits per heavy atom. The Bertz CT molecular complexity index is 437. The minimum absolute atomic E-state index is 0.0235. The Hall–Kier alpha value is -1.47. The molecule has 1 rings (SSSR count). The van der Waals surface area contributed by atoms with Crippen molar-refractivity contribution in [3.8, 4) is 11.5 Å². The molecule has 0 fully saturated rings. The molecule has 20 heavy (non-hydrogen) atoms. The first-order valence-electron chi connectivity index (χ1n) is 6.27. The fourth-order valence-corrected chi connectivity index (χ4v) is 1.80. The number of phenolic OH excluding ortho intramolecular Hbond substituents is 1. The number of ether oxygens (including phenoxy) is 1. The van der Waals surface area contributed by atoms with E-state index in [1.807, 2.05) is 6.92 Å². The van der Waals surface area contributed by atoms with Gasteiger partial charge in [0.1, 0.15) is 11.5 Å². The summed E-state index contributed by atoms with van der Waals surface area (Å²) in [5, 5.41) is 19.5. The summed E-state index contributed by atoms with van der Waals surface area (Å²) in [6, 6.07) is 2.06. The molecule has 7 heteroatoms. The van der Waals surface area contributed by atoms with E-state index < -0.39 is 24.3 Å². The van der Waals surface area contributed by atoms with Crippen molar-refractivity contribution >= 4 is 0 Å². The largest absolute Gasteiger partial charge is 0.573 e. The number of rotatable bonds is 6. The Kier molecular flexibility index (Phi) is 5.64. The molecular formula is C13H18F3NO3. The number of benzene rings is 1. The predicted molar refractivity (Wildman–Crippen MR) is 67.3 cm³/mol. The molecule has 1 aromatic rings. The van der Waals surface area contributed by atoms with Crippen LogP contribution < -0.4 is 10.5 Å². The number of alkyl halides is 3. The van der Waals surface area contributed by atoms with Crippen LogP contribution in [0, 0.1) is 0 Å². The highest BCUT2D eigenvalue weighted by Crippen LogP contribution is 2.32. The molecule has 0 unspecified atom stereocenters. The normalized spacial score (nSPS) is 14.9. The smallest absolute Gasteiger partial charge is 0.508 e. The fourth-order valence-electron chi connectivity index (χ4n) is 1.80. The van der Waals surface area contributed by atoms with Gasteiger partial charge in [-0.1, -0.05) is 19.8 Å². The van der Waals surface area contributed by atoms with Gasteiger partial charge in [0.25, 0.3) is 0 Å². The van der Waals surface area contributed by atoms with Crippen molar-refractivity contribution in [3.63, 3.8) is 0 Å². The first-order chi connectivity index (χ1) is 9.24. The fraction of sp³-hybridized carbons (Fsp3) is 0.538. The molecule has 0 heterocycles. The lowest BCUT2D eigenvalue weighted by Gasteiger charge is -2.21. The molecule has 0 aliphatic carbocycles. The van der Waals surface area contributed by atoms with Gasteiger partial charge in [-0.25, -0.2) is 0 Å². The van der Waals surface area contributed by atoms with Crippen LogP contribution in [-0.2, 0) is 0 Å². The summed E-state index contributed by atoms with van der Waals surface area (Å²) >= 11 is 0. The zero-order chi connectivity index (χ0) is 15.3. The first kappa shape index (κ1) is 16.6. The van der Waals surface area contributed by atoms with Crippen molar-refractivity contribution in [2.45, 2.75) is 44.7 Å². The Morgan fingerprint density at radius 2 is 2.00 bits per heavy atom. The number of hydrogen-bond donors (Lipinski definition) is 3. The summed E-state index contributed by atoms with van der Waals surface area (Å²) in [6.07, 6.45) is -3.77. The number of halogens is 3. The molecular weight excluding hydrogens is 275 g/mol. The highest BCUT2D eigenvalue weighted by molar-refractivity contribution is 5.41. The lowest BCUT2D eigenvalue weighted by Crippen LogP contribution is -2.26. The van der Waals surface area contributed by atoms with Crippen LogP contribution in [0.15, 0.2) is 18.2 Å². The van der Waals surface area contributed by atoms with E-state index >= 15 is 0 Å². The van der Waals surface area contributed by atoms with Crippen molar-refractivity contribution in [2.24, 2.45) is 5.73 Å². The average molecular weight is 293 g/mol. The molecule has 0 aliphatic heterocycles. The van der Waals surface area contributed by atoms with Crippen molar-refractivity contribution in [2.75, 3.05) is 0 Å². The van der Waals surface area contributed by atoms with E-state index in [-0.39, 0.29) is 11.3 Å². The maximum absolute atomic E-state index is 12.1. The van der Waals surface area contributed by atoms with Gasteiger partial charge in [0.15, 0.2) is 0 Å². The van der Waals surface area contributed by atoms with Crippen LogP contribution in [-0.4, -0.2) is 22.7 Å². The van der Waals surface area contributed by atoms with Gasteiger partial charge in [-0.05, 0) is 24.6 Å². The van der Waals surface area contributed by atoms with Gasteiger partial charge in [0, 0.05) is 5.56 Å². The molecule has 0 aromatic heterocycles. The molecule has 0 amide bonds. The number of unbranched alkanes of at least 4 members (excludes halogenated alkanes) is 1. The number of aliphatic hydroxyl groups is 1. The molecule has 0 saturated carbocycles. The summed E-state index contributed by atoms with van der Waals surface area (Å²) in [6.45, 7) is 1.94. The lowest BCUT2D eigenvalue weighted by atomic mass is 9.97. The van der Waals surface area contributed by atoms with Crippen molar-refractivity contribution in [1.82, 2.24) is 0 Å². The second-order valence-electron chi connectivity index (χ2n) is 4.50. The summed E-state index contributed by atoms with van der Waals surface area (Å²) < 4.78 is 40.2. The Morgan fingerprint density at radius 1 is 1.35 bits per heavy atom. The van der Waals surface area contributed by atoms with E-state index in [1.54, 1.807) is 0 Å². The molecule has 114 valence electrons. The topological polar surface area (TPSA) is 75.7 Å². The first-order valence-corrected chi connectivity index (χ1v) is 6.27. The molecule has 4 N–H and O–H groups in total. The molecule has 1 aromatic carbocycles. The molecule has 4 nitrogen and oxygen atoms in total. The molecule has 0 aliphatic rings. The quantitative estimate of drug-likeness (QED) is 0.754. The van der Waals surface area contributed by atoms with Crippen LogP contribution in [0.5, 0.6) is 11.5 Å². The van der Waals surface area contributed by atoms with E-state index in [0.29, 0.717) is 6.42 Å². The number of aliphatic hydroxyl groups excluding tert-OH is 1. The van der Waals surface area contributed by atoms with E-state index in [4.69, 9.17) is 5.73 Å². The molecule has 2 atom stereocenters. The van der Waals surface area contributed by atoms with Crippen LogP contribution >= 0.6 is 0 Å². The number of aromatic hydroxyl groups is 1. The minimum Gasteiger partial charge on any atom is -0.508 e. The standard InChI is InChI=1S/C13H18F3NO3/c1-2-3-4-11(19)12(17)9-7-8(5-6-10(9)18)20-13(14,15)16/h5-7,11-12,18-19H,2-4,17H2,1H3/t11-,12+/m0/s1. The number of nitrogens with two attached hydrogens (primary N) is 1. The van der Waals surface area contributed by atoms with E-state index in [1.165, 1.54) is 0 Å². The molecule has 0 saturated heterocycles. The minimum atomic E-state index is -4.82. The maximum atomic E-state index is 12.1. The average Bonchev–Trinajstić information content (AvgIpc) is 2.35. The van der Waals surface area contributed by atoms with Crippen molar-refractivity contribution < 1.29 is 28.1 Å². The third-order valence-electron chi connectivity index (χ3n) is 2.86. The maximum Gasteiger partial charge on any atom is 0.573 e. The van der Waals surface area contributed by atoms with Gasteiger partial charge in [-0.2, -0.15) is 0 Å². The van der Waals surface area contributed by atoms with Crippen LogP contribution in [0.4, 0.5) is 13.2 Å². The van der Waals surface area contributed by atoms with Gasteiger partial charge in [-0.15, -0.1) is 13.2 Å². The lowest BCUT2D eigenvalue weighted by molar-refractivity contribution is -0.274. The van der Waals surface area contributed by atoms with Crippen LogP contribution in [0.1, 0.15) is 37.8 Å². The van der Waals surface area contributed by atoms with Crippen molar-refractivity contribution in [3.05, 3.63) is 23.8 Å². The molecule has 0 bridgehead atoms. The summed E-state index contributed by atoms with van der Waals surface area (Å²) in [7, 11) is 0. The van der Waals surface area contributed by atoms with Crippen LogP contribution in [0.2, 0.25) is 0 Å².